The van der Waals surface area contributed by atoms with Gasteiger partial charge >= 0.3 is 139 Å². The second kappa shape index (κ2) is 6.58. The molecule has 2 heteroatoms. The minimum absolute atomic E-state index is 0.708. The summed E-state index contributed by atoms with van der Waals surface area (Å²) in [5, 5.41) is 0. The molecule has 0 N–H and O–H groups in total. The third-order valence-corrected chi connectivity index (χ3v) is 8.46. The van der Waals surface area contributed by atoms with Crippen molar-refractivity contribution < 1.29 is 4.57 Å². The van der Waals surface area contributed by atoms with Crippen molar-refractivity contribution in [2.45, 2.75) is 44.5 Å². The molecule has 118 valence electrons. The van der Waals surface area contributed by atoms with E-state index >= 15 is 0 Å². The summed E-state index contributed by atoms with van der Waals surface area (Å²) >= 11 is -1.75. The maximum atomic E-state index is 2.45. The predicted molar refractivity (Wildman–Crippen MR) is 99.3 cm³/mol. The zero-order valence-electron chi connectivity index (χ0n) is 15.2. The van der Waals surface area contributed by atoms with Gasteiger partial charge in [0.1, 0.15) is 0 Å². The molecule has 0 unspecified atom stereocenters. The van der Waals surface area contributed by atoms with Gasteiger partial charge in [-0.25, -0.2) is 0 Å². The van der Waals surface area contributed by atoms with E-state index in [-0.39, 0.29) is 0 Å². The third-order valence-electron chi connectivity index (χ3n) is 4.21. The molecule has 0 fully saturated rings. The molecule has 1 aromatic heterocycles. The van der Waals surface area contributed by atoms with Crippen molar-refractivity contribution in [3.8, 4) is 11.3 Å². The normalized spacial score (nSPS) is 12.0. The summed E-state index contributed by atoms with van der Waals surface area (Å²) in [6.07, 6.45) is 3.50. The molecule has 0 aliphatic carbocycles. The average molecular weight is 357 g/mol. The summed E-state index contributed by atoms with van der Waals surface area (Å²) < 4.78 is 3.86. The number of aromatic nitrogens is 1. The minimum atomic E-state index is -1.75. The number of pyridine rings is 1. The van der Waals surface area contributed by atoms with Crippen LogP contribution in [-0.2, 0) is 13.5 Å². The molecule has 2 aromatic rings. The van der Waals surface area contributed by atoms with Crippen LogP contribution in [0.4, 0.5) is 0 Å². The Morgan fingerprint density at radius 3 is 2.23 bits per heavy atom. The van der Waals surface area contributed by atoms with Crippen molar-refractivity contribution in [3.63, 3.8) is 0 Å². The number of hydrogen-bond acceptors (Lipinski definition) is 0. The molecular formula is C20H30GeN+. The van der Waals surface area contributed by atoms with Crippen LogP contribution in [0.5, 0.6) is 0 Å². The second-order valence-corrected chi connectivity index (χ2v) is 18.6. The van der Waals surface area contributed by atoms with E-state index in [4.69, 9.17) is 0 Å². The van der Waals surface area contributed by atoms with Gasteiger partial charge in [-0.15, -0.1) is 0 Å². The predicted octanol–water partition coefficient (Wildman–Crippen LogP) is 4.23. The van der Waals surface area contributed by atoms with E-state index in [0.717, 1.165) is 6.42 Å². The van der Waals surface area contributed by atoms with E-state index in [9.17, 15) is 0 Å². The molecule has 0 amide bonds. The molecule has 0 bridgehead atoms. The number of nitrogens with zero attached hydrogens (tertiary/aromatic N) is 1. The fraction of sp³-hybridized carbons (Fsp3) is 0.450. The van der Waals surface area contributed by atoms with Gasteiger partial charge in [0, 0.05) is 0 Å². The van der Waals surface area contributed by atoms with Crippen LogP contribution in [-0.4, -0.2) is 13.3 Å². The van der Waals surface area contributed by atoms with Crippen molar-refractivity contribution in [2.75, 3.05) is 0 Å². The molecule has 1 nitrogen and oxygen atoms in total. The Labute approximate surface area is 138 Å². The van der Waals surface area contributed by atoms with E-state index in [0.29, 0.717) is 5.92 Å². The first-order valence-corrected chi connectivity index (χ1v) is 15.6. The van der Waals surface area contributed by atoms with Crippen LogP contribution in [0.15, 0.2) is 36.5 Å². The molecule has 22 heavy (non-hydrogen) atoms. The SMILES string of the molecule is Cc1cc(CC(C)C)ccc1-c1cc[c]([Ge]([CH3])([CH3])[CH3])c[n+]1C. The molecule has 0 radical (unpaired) electrons. The van der Waals surface area contributed by atoms with Crippen LogP contribution >= 0.6 is 0 Å². The topological polar surface area (TPSA) is 3.88 Å². The zero-order valence-corrected chi connectivity index (χ0v) is 17.3. The first kappa shape index (κ1) is 17.3. The molecule has 0 atom stereocenters. The summed E-state index contributed by atoms with van der Waals surface area (Å²) in [5.74, 6) is 8.04. The van der Waals surface area contributed by atoms with Gasteiger partial charge in [-0.05, 0) is 0 Å². The molecule has 0 aliphatic heterocycles. The molecule has 0 saturated carbocycles. The van der Waals surface area contributed by atoms with Gasteiger partial charge in [0.25, 0.3) is 0 Å². The summed E-state index contributed by atoms with van der Waals surface area (Å²) in [7, 11) is 2.17. The average Bonchev–Trinajstić information content (AvgIpc) is 2.37. The molecule has 1 aromatic carbocycles. The fourth-order valence-corrected chi connectivity index (χ4v) is 5.39. The van der Waals surface area contributed by atoms with Gasteiger partial charge in [-0.3, -0.25) is 0 Å². The zero-order chi connectivity index (χ0) is 16.5. The van der Waals surface area contributed by atoms with Crippen molar-refractivity contribution in [3.05, 3.63) is 47.7 Å². The summed E-state index contributed by atoms with van der Waals surface area (Å²) in [4.78, 5) is 0. The van der Waals surface area contributed by atoms with E-state index in [1.165, 1.54) is 22.4 Å². The number of hydrogen-bond donors (Lipinski definition) is 0. The van der Waals surface area contributed by atoms with Crippen LogP contribution < -0.4 is 8.96 Å². The van der Waals surface area contributed by atoms with Crippen molar-refractivity contribution in [1.82, 2.24) is 0 Å². The Hall–Kier alpha value is -1.09. The van der Waals surface area contributed by atoms with E-state index in [1.807, 2.05) is 0 Å². The van der Waals surface area contributed by atoms with Gasteiger partial charge in [-0.1, -0.05) is 0 Å². The van der Waals surface area contributed by atoms with Gasteiger partial charge in [0.2, 0.25) is 0 Å². The molecule has 0 saturated heterocycles. The summed E-state index contributed by atoms with van der Waals surface area (Å²) in [6.45, 7) is 6.79. The quantitative estimate of drug-likeness (QED) is 0.570. The Kier molecular flexibility index (Phi) is 5.16. The summed E-state index contributed by atoms with van der Waals surface area (Å²) in [6, 6.07) is 11.6. The number of aryl methyl sites for hydroxylation is 2. The van der Waals surface area contributed by atoms with Gasteiger partial charge in [-0.2, -0.15) is 0 Å². The fourth-order valence-electron chi connectivity index (χ4n) is 2.94. The molecule has 2 rings (SSSR count). The molecule has 0 aliphatic rings. The van der Waals surface area contributed by atoms with Gasteiger partial charge < -0.3 is 0 Å². The Morgan fingerprint density at radius 2 is 1.73 bits per heavy atom. The van der Waals surface area contributed by atoms with Crippen LogP contribution in [0.3, 0.4) is 0 Å². The summed E-state index contributed by atoms with van der Waals surface area (Å²) in [5.41, 5.74) is 5.48. The maximum absolute atomic E-state index is 2.45. The first-order valence-electron chi connectivity index (χ1n) is 8.28. The Bertz CT molecular complexity index is 666. The third kappa shape index (κ3) is 4.01. The second-order valence-electron chi connectivity index (χ2n) is 7.91. The van der Waals surface area contributed by atoms with Crippen molar-refractivity contribution in [2.24, 2.45) is 13.0 Å². The standard InChI is InChI=1S/C20H30GeN/c1-15(2)12-17-8-10-19(16(3)13-17)20-11-9-18(14-22(20)7)21(4,5)6/h8-11,13-15H,12H2,1-7H3/q+1. The van der Waals surface area contributed by atoms with Crippen LogP contribution in [0.25, 0.3) is 11.3 Å². The van der Waals surface area contributed by atoms with Crippen LogP contribution in [0, 0.1) is 12.8 Å². The van der Waals surface area contributed by atoms with Crippen LogP contribution in [0.2, 0.25) is 17.3 Å². The van der Waals surface area contributed by atoms with Gasteiger partial charge in [0.05, 0.1) is 0 Å². The van der Waals surface area contributed by atoms with Crippen LogP contribution in [0.1, 0.15) is 25.0 Å². The molecule has 0 spiro atoms. The van der Waals surface area contributed by atoms with Gasteiger partial charge in [0.15, 0.2) is 0 Å². The number of benzene rings is 1. The van der Waals surface area contributed by atoms with Crippen molar-refractivity contribution in [1.29, 1.82) is 0 Å². The monoisotopic (exact) mass is 358 g/mol. The van der Waals surface area contributed by atoms with E-state index in [1.54, 1.807) is 4.40 Å². The Balaban J connectivity index is 2.40. The molecular weight excluding hydrogens is 327 g/mol. The van der Waals surface area contributed by atoms with E-state index < -0.39 is 13.3 Å². The first-order chi connectivity index (χ1) is 10.2. The number of rotatable bonds is 4. The molecule has 1 heterocycles. The Morgan fingerprint density at radius 1 is 1.05 bits per heavy atom. The van der Waals surface area contributed by atoms with E-state index in [2.05, 4.69) is 86.2 Å². The van der Waals surface area contributed by atoms with Crippen molar-refractivity contribution >= 4 is 17.7 Å².